The second-order valence-corrected chi connectivity index (χ2v) is 5.56. The minimum absolute atomic E-state index is 0.242. The van der Waals surface area contributed by atoms with Gasteiger partial charge in [-0.3, -0.25) is 4.79 Å². The van der Waals surface area contributed by atoms with Crippen LogP contribution < -0.4 is 5.32 Å². The predicted molar refractivity (Wildman–Crippen MR) is 69.8 cm³/mol. The first-order valence-electron chi connectivity index (χ1n) is 6.26. The van der Waals surface area contributed by atoms with Gasteiger partial charge in [0.05, 0.1) is 25.0 Å². The van der Waals surface area contributed by atoms with Gasteiger partial charge < -0.3 is 10.1 Å². The molecular formula is C12H17N3O3S. The molecule has 19 heavy (non-hydrogen) atoms. The van der Waals surface area contributed by atoms with Crippen molar-refractivity contribution in [2.45, 2.75) is 38.1 Å². The standard InChI is InChI=1S/C12H17N3O3S/c1-8-3-5-12(6-4-8,11(17)18-2)14-10(16)9-7-13-19-15-9/h7-8H,3-6H2,1-2H3,(H,14,16). The maximum absolute atomic E-state index is 12.1. The van der Waals surface area contributed by atoms with E-state index in [1.807, 2.05) is 0 Å². The summed E-state index contributed by atoms with van der Waals surface area (Å²) in [4.78, 5) is 24.1. The lowest BCUT2D eigenvalue weighted by Crippen LogP contribution is -2.56. The quantitative estimate of drug-likeness (QED) is 0.848. The van der Waals surface area contributed by atoms with Crippen molar-refractivity contribution in [1.82, 2.24) is 14.1 Å². The van der Waals surface area contributed by atoms with Gasteiger partial charge in [-0.05, 0) is 31.6 Å². The Labute approximate surface area is 115 Å². The van der Waals surface area contributed by atoms with Gasteiger partial charge in [0, 0.05) is 0 Å². The first-order valence-corrected chi connectivity index (χ1v) is 6.99. The Bertz CT molecular complexity index is 453. The van der Waals surface area contributed by atoms with Crippen molar-refractivity contribution in [2.75, 3.05) is 7.11 Å². The van der Waals surface area contributed by atoms with Crippen LogP contribution in [-0.4, -0.2) is 33.3 Å². The Balaban J connectivity index is 2.15. The van der Waals surface area contributed by atoms with Crippen LogP contribution >= 0.6 is 11.7 Å². The van der Waals surface area contributed by atoms with Crippen molar-refractivity contribution in [3.05, 3.63) is 11.9 Å². The molecule has 0 atom stereocenters. The molecule has 0 aromatic carbocycles. The number of methoxy groups -OCH3 is 1. The fourth-order valence-electron chi connectivity index (χ4n) is 2.38. The van der Waals surface area contributed by atoms with Crippen molar-refractivity contribution in [2.24, 2.45) is 5.92 Å². The number of hydrogen-bond donors (Lipinski definition) is 1. The number of rotatable bonds is 3. The lowest BCUT2D eigenvalue weighted by Gasteiger charge is -2.37. The molecule has 1 heterocycles. The molecule has 0 saturated heterocycles. The van der Waals surface area contributed by atoms with Gasteiger partial charge in [0.2, 0.25) is 0 Å². The summed E-state index contributed by atoms with van der Waals surface area (Å²) in [5, 5.41) is 2.80. The third kappa shape index (κ3) is 2.91. The highest BCUT2D eigenvalue weighted by atomic mass is 32.1. The van der Waals surface area contributed by atoms with E-state index in [0.717, 1.165) is 24.6 Å². The Morgan fingerprint density at radius 3 is 2.68 bits per heavy atom. The molecular weight excluding hydrogens is 266 g/mol. The maximum Gasteiger partial charge on any atom is 0.331 e. The van der Waals surface area contributed by atoms with Gasteiger partial charge in [-0.25, -0.2) is 4.79 Å². The number of nitrogens with one attached hydrogen (secondary N) is 1. The van der Waals surface area contributed by atoms with E-state index in [9.17, 15) is 9.59 Å². The molecule has 1 aliphatic carbocycles. The Morgan fingerprint density at radius 1 is 1.47 bits per heavy atom. The second kappa shape index (κ2) is 5.64. The number of nitrogens with zero attached hydrogens (tertiary/aromatic N) is 2. The smallest absolute Gasteiger partial charge is 0.331 e. The second-order valence-electron chi connectivity index (χ2n) is 5.00. The molecule has 1 aliphatic rings. The topological polar surface area (TPSA) is 81.2 Å². The molecule has 1 aromatic heterocycles. The zero-order chi connectivity index (χ0) is 13.9. The molecule has 6 nitrogen and oxygen atoms in total. The van der Waals surface area contributed by atoms with Gasteiger partial charge in [0.25, 0.3) is 5.91 Å². The van der Waals surface area contributed by atoms with Crippen LogP contribution in [0.3, 0.4) is 0 Å². The average Bonchev–Trinajstić information content (AvgIpc) is 2.95. The molecule has 1 N–H and O–H groups in total. The van der Waals surface area contributed by atoms with Gasteiger partial charge in [0.1, 0.15) is 5.54 Å². The Kier molecular flexibility index (Phi) is 4.14. The molecule has 1 amide bonds. The van der Waals surface area contributed by atoms with Crippen molar-refractivity contribution >= 4 is 23.6 Å². The van der Waals surface area contributed by atoms with Crippen LogP contribution in [0.4, 0.5) is 0 Å². The Morgan fingerprint density at radius 2 is 2.16 bits per heavy atom. The summed E-state index contributed by atoms with van der Waals surface area (Å²) >= 11 is 0.966. The summed E-state index contributed by atoms with van der Waals surface area (Å²) in [7, 11) is 1.35. The van der Waals surface area contributed by atoms with Crippen molar-refractivity contribution in [1.29, 1.82) is 0 Å². The SMILES string of the molecule is COC(=O)C1(NC(=O)c2cnsn2)CCC(C)CC1. The maximum atomic E-state index is 12.1. The number of esters is 1. The van der Waals surface area contributed by atoms with Crippen LogP contribution in [0.15, 0.2) is 6.20 Å². The lowest BCUT2D eigenvalue weighted by molar-refractivity contribution is -0.150. The molecule has 1 saturated carbocycles. The predicted octanol–water partition coefficient (Wildman–Crippen LogP) is 1.39. The first-order chi connectivity index (χ1) is 9.07. The average molecular weight is 283 g/mol. The number of ether oxygens (including phenoxy) is 1. The number of hydrogen-bond acceptors (Lipinski definition) is 6. The number of amides is 1. The summed E-state index contributed by atoms with van der Waals surface area (Å²) in [6.45, 7) is 2.15. The van der Waals surface area contributed by atoms with Crippen LogP contribution in [0.25, 0.3) is 0 Å². The van der Waals surface area contributed by atoms with Gasteiger partial charge in [0.15, 0.2) is 5.69 Å². The van der Waals surface area contributed by atoms with Crippen molar-refractivity contribution in [3.63, 3.8) is 0 Å². The fourth-order valence-corrected chi connectivity index (χ4v) is 2.79. The largest absolute Gasteiger partial charge is 0.467 e. The van der Waals surface area contributed by atoms with Crippen LogP contribution in [0.2, 0.25) is 0 Å². The third-order valence-corrected chi connectivity index (χ3v) is 4.13. The van der Waals surface area contributed by atoms with E-state index in [4.69, 9.17) is 4.74 Å². The number of carbonyl (C=O) groups is 2. The summed E-state index contributed by atoms with van der Waals surface area (Å²) in [5.74, 6) is -0.180. The highest BCUT2D eigenvalue weighted by Gasteiger charge is 2.43. The van der Waals surface area contributed by atoms with E-state index >= 15 is 0 Å². The summed E-state index contributed by atoms with van der Waals surface area (Å²) < 4.78 is 12.5. The van der Waals surface area contributed by atoms with Crippen LogP contribution in [0, 0.1) is 5.92 Å². The minimum Gasteiger partial charge on any atom is -0.467 e. The van der Waals surface area contributed by atoms with Gasteiger partial charge >= 0.3 is 5.97 Å². The highest BCUT2D eigenvalue weighted by molar-refractivity contribution is 6.99. The van der Waals surface area contributed by atoms with Crippen molar-refractivity contribution in [3.8, 4) is 0 Å². The van der Waals surface area contributed by atoms with Crippen molar-refractivity contribution < 1.29 is 14.3 Å². The molecule has 0 bridgehead atoms. The molecule has 0 unspecified atom stereocenters. The Hall–Kier alpha value is -1.50. The molecule has 2 rings (SSSR count). The van der Waals surface area contributed by atoms with E-state index in [1.165, 1.54) is 13.3 Å². The summed E-state index contributed by atoms with van der Waals surface area (Å²) in [6, 6.07) is 0. The van der Waals surface area contributed by atoms with Crippen LogP contribution in [0.1, 0.15) is 43.1 Å². The van der Waals surface area contributed by atoms with E-state index in [2.05, 4.69) is 21.0 Å². The van der Waals surface area contributed by atoms with Gasteiger partial charge in [-0.1, -0.05) is 6.92 Å². The number of carbonyl (C=O) groups excluding carboxylic acids is 2. The van der Waals surface area contributed by atoms with Crippen LogP contribution in [0.5, 0.6) is 0 Å². The monoisotopic (exact) mass is 283 g/mol. The first kappa shape index (κ1) is 13.9. The third-order valence-electron chi connectivity index (χ3n) is 3.65. The zero-order valence-electron chi connectivity index (χ0n) is 11.0. The van der Waals surface area contributed by atoms with E-state index in [1.54, 1.807) is 0 Å². The zero-order valence-corrected chi connectivity index (χ0v) is 11.8. The molecule has 1 aromatic rings. The molecule has 0 spiro atoms. The van der Waals surface area contributed by atoms with Crippen LogP contribution in [-0.2, 0) is 9.53 Å². The van der Waals surface area contributed by atoms with Gasteiger partial charge in [-0.2, -0.15) is 8.75 Å². The highest BCUT2D eigenvalue weighted by Crippen LogP contribution is 2.33. The summed E-state index contributed by atoms with van der Waals surface area (Å²) in [6.07, 6.45) is 4.39. The minimum atomic E-state index is -0.915. The normalized spacial score (nSPS) is 26.7. The number of aromatic nitrogens is 2. The molecule has 0 radical (unpaired) electrons. The molecule has 104 valence electrons. The van der Waals surface area contributed by atoms with E-state index < -0.39 is 5.54 Å². The molecule has 1 fully saturated rings. The summed E-state index contributed by atoms with van der Waals surface area (Å²) in [5.41, 5.74) is -0.672. The molecule has 7 heteroatoms. The lowest BCUT2D eigenvalue weighted by atomic mass is 9.77. The van der Waals surface area contributed by atoms with Gasteiger partial charge in [-0.15, -0.1) is 0 Å². The molecule has 0 aliphatic heterocycles. The fraction of sp³-hybridized carbons (Fsp3) is 0.667. The van der Waals surface area contributed by atoms with E-state index in [-0.39, 0.29) is 17.6 Å². The van der Waals surface area contributed by atoms with E-state index in [0.29, 0.717) is 18.8 Å².